The van der Waals surface area contributed by atoms with Gasteiger partial charge in [0.15, 0.2) is 0 Å². The maximum absolute atomic E-state index is 12.7. The van der Waals surface area contributed by atoms with Gasteiger partial charge in [-0.3, -0.25) is 4.79 Å². The van der Waals surface area contributed by atoms with E-state index in [2.05, 4.69) is 36.5 Å². The van der Waals surface area contributed by atoms with Crippen LogP contribution in [0.5, 0.6) is 0 Å². The molecular formula is C17H23NO. The van der Waals surface area contributed by atoms with Crippen molar-refractivity contribution in [2.75, 3.05) is 0 Å². The molecule has 0 spiro atoms. The fourth-order valence-corrected chi connectivity index (χ4v) is 3.88. The van der Waals surface area contributed by atoms with Crippen LogP contribution in [0.15, 0.2) is 30.3 Å². The molecule has 1 saturated heterocycles. The van der Waals surface area contributed by atoms with E-state index < -0.39 is 0 Å². The average molecular weight is 257 g/mol. The maximum atomic E-state index is 12.7. The number of Topliss-reactive ketones (excluding diaryl/α,β-unsaturated/α-hetero) is 1. The molecule has 1 saturated carbocycles. The molecule has 0 amide bonds. The highest BCUT2D eigenvalue weighted by Gasteiger charge is 2.43. The van der Waals surface area contributed by atoms with Crippen molar-refractivity contribution >= 4 is 5.78 Å². The molecule has 3 rings (SSSR count). The molecule has 2 fully saturated rings. The van der Waals surface area contributed by atoms with Gasteiger partial charge < -0.3 is 5.32 Å². The number of rotatable bonds is 2. The van der Waals surface area contributed by atoms with E-state index in [4.69, 9.17) is 0 Å². The minimum absolute atomic E-state index is 0.154. The second-order valence-electron chi connectivity index (χ2n) is 5.97. The number of ketones is 1. The quantitative estimate of drug-likeness (QED) is 0.878. The molecule has 0 radical (unpaired) electrons. The number of benzene rings is 1. The Balaban J connectivity index is 1.89. The molecule has 102 valence electrons. The van der Waals surface area contributed by atoms with Crippen LogP contribution in [-0.2, 0) is 4.79 Å². The number of fused-ring (bicyclic) bond motifs is 1. The van der Waals surface area contributed by atoms with E-state index in [0.29, 0.717) is 11.8 Å². The standard InChI is InChI=1S/C17H23NO/c1-2-13-16(12-8-4-3-5-9-12)18-15-11-7-6-10-14(15)17(13)19/h3-5,8-9,13-16,18H,2,6-7,10-11H2,1H3/t13-,14+,15+,16-/m1/s1. The van der Waals surface area contributed by atoms with Crippen molar-refractivity contribution in [2.24, 2.45) is 11.8 Å². The van der Waals surface area contributed by atoms with Crippen molar-refractivity contribution in [3.63, 3.8) is 0 Å². The van der Waals surface area contributed by atoms with Crippen LogP contribution in [0.1, 0.15) is 50.6 Å². The number of piperidine rings is 1. The Morgan fingerprint density at radius 2 is 1.89 bits per heavy atom. The first kappa shape index (κ1) is 12.9. The first-order valence-electron chi connectivity index (χ1n) is 7.66. The van der Waals surface area contributed by atoms with E-state index in [1.54, 1.807) is 0 Å². The Morgan fingerprint density at radius 3 is 2.63 bits per heavy atom. The topological polar surface area (TPSA) is 29.1 Å². The highest BCUT2D eigenvalue weighted by atomic mass is 16.1. The van der Waals surface area contributed by atoms with Gasteiger partial charge in [0.25, 0.3) is 0 Å². The molecule has 0 bridgehead atoms. The lowest BCUT2D eigenvalue weighted by atomic mass is 9.70. The van der Waals surface area contributed by atoms with Gasteiger partial charge in [-0.2, -0.15) is 0 Å². The maximum Gasteiger partial charge on any atom is 0.142 e. The Labute approximate surface area is 115 Å². The zero-order chi connectivity index (χ0) is 13.2. The third-order valence-electron chi connectivity index (χ3n) is 4.89. The van der Waals surface area contributed by atoms with Crippen molar-refractivity contribution in [3.8, 4) is 0 Å². The molecule has 2 aliphatic rings. The normalized spacial score (nSPS) is 34.9. The number of hydrogen-bond acceptors (Lipinski definition) is 2. The van der Waals surface area contributed by atoms with Crippen LogP contribution in [0.25, 0.3) is 0 Å². The highest BCUT2D eigenvalue weighted by molar-refractivity contribution is 5.86. The minimum atomic E-state index is 0.154. The van der Waals surface area contributed by atoms with Gasteiger partial charge in [0.2, 0.25) is 0 Å². The lowest BCUT2D eigenvalue weighted by molar-refractivity contribution is -0.133. The molecule has 2 nitrogen and oxygen atoms in total. The van der Waals surface area contributed by atoms with Gasteiger partial charge in [-0.25, -0.2) is 0 Å². The lowest BCUT2D eigenvalue weighted by Crippen LogP contribution is -2.54. The summed E-state index contributed by atoms with van der Waals surface area (Å²) in [6, 6.07) is 11.1. The van der Waals surface area contributed by atoms with E-state index in [1.807, 2.05) is 6.07 Å². The largest absolute Gasteiger partial charge is 0.306 e. The van der Waals surface area contributed by atoms with E-state index in [0.717, 1.165) is 19.3 Å². The summed E-state index contributed by atoms with van der Waals surface area (Å²) in [6.07, 6.45) is 5.68. The van der Waals surface area contributed by atoms with Gasteiger partial charge in [0.05, 0.1) is 0 Å². The Bertz CT molecular complexity index is 442. The summed E-state index contributed by atoms with van der Waals surface area (Å²) >= 11 is 0. The molecule has 1 N–H and O–H groups in total. The van der Waals surface area contributed by atoms with E-state index in [9.17, 15) is 4.79 Å². The zero-order valence-electron chi connectivity index (χ0n) is 11.6. The molecule has 19 heavy (non-hydrogen) atoms. The summed E-state index contributed by atoms with van der Waals surface area (Å²) in [5.41, 5.74) is 1.27. The van der Waals surface area contributed by atoms with E-state index >= 15 is 0 Å². The number of carbonyl (C=O) groups excluding carboxylic acids is 1. The first-order valence-corrected chi connectivity index (χ1v) is 7.66. The summed E-state index contributed by atoms with van der Waals surface area (Å²) in [5.74, 6) is 0.945. The van der Waals surface area contributed by atoms with Gasteiger partial charge >= 0.3 is 0 Å². The van der Waals surface area contributed by atoms with Crippen LogP contribution >= 0.6 is 0 Å². The van der Waals surface area contributed by atoms with Crippen LogP contribution in [0, 0.1) is 11.8 Å². The highest BCUT2D eigenvalue weighted by Crippen LogP contribution is 2.39. The fraction of sp³-hybridized carbons (Fsp3) is 0.588. The molecule has 0 aromatic heterocycles. The van der Waals surface area contributed by atoms with Gasteiger partial charge in [0.1, 0.15) is 5.78 Å². The van der Waals surface area contributed by atoms with Crippen LogP contribution in [0.2, 0.25) is 0 Å². The predicted octanol–water partition coefficient (Wildman–Crippen LogP) is 3.49. The van der Waals surface area contributed by atoms with Crippen molar-refractivity contribution in [2.45, 2.75) is 51.1 Å². The third kappa shape index (κ3) is 2.34. The van der Waals surface area contributed by atoms with Gasteiger partial charge in [-0.05, 0) is 24.8 Å². The van der Waals surface area contributed by atoms with Crippen molar-refractivity contribution in [1.82, 2.24) is 5.32 Å². The Kier molecular flexibility index (Phi) is 3.69. The molecule has 2 heteroatoms. The van der Waals surface area contributed by atoms with Crippen molar-refractivity contribution in [1.29, 1.82) is 0 Å². The Hall–Kier alpha value is -1.15. The molecule has 1 aromatic carbocycles. The second-order valence-corrected chi connectivity index (χ2v) is 5.97. The van der Waals surface area contributed by atoms with Gasteiger partial charge in [-0.15, -0.1) is 0 Å². The molecule has 1 aliphatic heterocycles. The summed E-state index contributed by atoms with van der Waals surface area (Å²) in [5, 5.41) is 3.78. The fourth-order valence-electron chi connectivity index (χ4n) is 3.88. The van der Waals surface area contributed by atoms with Gasteiger partial charge in [-0.1, -0.05) is 50.1 Å². The molecule has 0 unspecified atom stereocenters. The van der Waals surface area contributed by atoms with Crippen LogP contribution in [-0.4, -0.2) is 11.8 Å². The third-order valence-corrected chi connectivity index (χ3v) is 4.89. The molecule has 1 heterocycles. The summed E-state index contributed by atoms with van der Waals surface area (Å²) in [6.45, 7) is 2.14. The Morgan fingerprint density at radius 1 is 1.16 bits per heavy atom. The van der Waals surface area contributed by atoms with E-state index in [-0.39, 0.29) is 17.9 Å². The summed E-state index contributed by atoms with van der Waals surface area (Å²) in [7, 11) is 0. The monoisotopic (exact) mass is 257 g/mol. The predicted molar refractivity (Wildman–Crippen MR) is 76.9 cm³/mol. The first-order chi connectivity index (χ1) is 9.31. The van der Waals surface area contributed by atoms with Gasteiger partial charge in [0, 0.05) is 23.9 Å². The molecule has 1 aromatic rings. The minimum Gasteiger partial charge on any atom is -0.306 e. The SMILES string of the molecule is CC[C@H]1C(=O)[C@H]2CCCC[C@@H]2N[C@@H]1c1ccccc1. The molecular weight excluding hydrogens is 234 g/mol. The molecule has 4 atom stereocenters. The lowest BCUT2D eigenvalue weighted by Gasteiger charge is -2.43. The van der Waals surface area contributed by atoms with Crippen molar-refractivity contribution < 1.29 is 4.79 Å². The number of carbonyl (C=O) groups is 1. The average Bonchev–Trinajstić information content (AvgIpc) is 2.48. The summed E-state index contributed by atoms with van der Waals surface area (Å²) < 4.78 is 0. The number of nitrogens with one attached hydrogen (secondary N) is 1. The van der Waals surface area contributed by atoms with Crippen LogP contribution < -0.4 is 5.32 Å². The van der Waals surface area contributed by atoms with Crippen LogP contribution in [0.4, 0.5) is 0 Å². The second kappa shape index (κ2) is 5.46. The van der Waals surface area contributed by atoms with E-state index in [1.165, 1.54) is 18.4 Å². The number of hydrogen-bond donors (Lipinski definition) is 1. The molecule has 1 aliphatic carbocycles. The van der Waals surface area contributed by atoms with Crippen molar-refractivity contribution in [3.05, 3.63) is 35.9 Å². The summed E-state index contributed by atoms with van der Waals surface area (Å²) in [4.78, 5) is 12.7. The van der Waals surface area contributed by atoms with Crippen LogP contribution in [0.3, 0.4) is 0 Å². The smallest absolute Gasteiger partial charge is 0.142 e. The zero-order valence-corrected chi connectivity index (χ0v) is 11.6.